The Morgan fingerprint density at radius 1 is 1.44 bits per heavy atom. The van der Waals surface area contributed by atoms with Crippen LogP contribution in [0.1, 0.15) is 19.4 Å². The average Bonchev–Trinajstić information content (AvgIpc) is 2.16. The van der Waals surface area contributed by atoms with Crippen LogP contribution in [0.2, 0.25) is 0 Å². The molecule has 0 radical (unpaired) electrons. The number of benzene rings is 1. The smallest absolute Gasteiger partial charge is 0.0317 e. The lowest BCUT2D eigenvalue weighted by atomic mass is 10.1. The minimum atomic E-state index is 0.668. The molecule has 2 heteroatoms. The maximum atomic E-state index is 5.77. The molecule has 88 valence electrons. The Kier molecular flexibility index (Phi) is 5.06. The molecule has 0 aliphatic carbocycles. The summed E-state index contributed by atoms with van der Waals surface area (Å²) in [5.74, 6) is 0.668. The molecule has 16 heavy (non-hydrogen) atoms. The highest BCUT2D eigenvalue weighted by molar-refractivity contribution is 5.40. The van der Waals surface area contributed by atoms with Crippen molar-refractivity contribution in [3.8, 4) is 0 Å². The largest absolute Gasteiger partial charge is 0.399 e. The summed E-state index contributed by atoms with van der Waals surface area (Å²) in [5, 5.41) is 0. The molecule has 0 aliphatic rings. The zero-order chi connectivity index (χ0) is 12.0. The number of nitrogens with two attached hydrogens (primary N) is 1. The van der Waals surface area contributed by atoms with Crippen LogP contribution in [0.3, 0.4) is 0 Å². The Hall–Kier alpha value is -1.28. The van der Waals surface area contributed by atoms with Crippen molar-refractivity contribution in [1.82, 2.24) is 4.90 Å². The highest BCUT2D eigenvalue weighted by atomic mass is 15.1. The summed E-state index contributed by atoms with van der Waals surface area (Å²) in [6.07, 6.45) is 1.95. The summed E-state index contributed by atoms with van der Waals surface area (Å²) in [4.78, 5) is 2.38. The van der Waals surface area contributed by atoms with Gasteiger partial charge in [0.05, 0.1) is 0 Å². The molecule has 0 heterocycles. The van der Waals surface area contributed by atoms with Crippen molar-refractivity contribution in [3.05, 3.63) is 42.5 Å². The van der Waals surface area contributed by atoms with Crippen molar-refractivity contribution in [2.45, 2.75) is 20.4 Å². The van der Waals surface area contributed by atoms with Crippen molar-refractivity contribution >= 4 is 5.69 Å². The molecule has 0 saturated carbocycles. The molecule has 0 amide bonds. The van der Waals surface area contributed by atoms with E-state index in [1.54, 1.807) is 0 Å². The van der Waals surface area contributed by atoms with Gasteiger partial charge in [-0.2, -0.15) is 0 Å². The fraction of sp³-hybridized carbons (Fsp3) is 0.429. The first-order valence-corrected chi connectivity index (χ1v) is 5.79. The van der Waals surface area contributed by atoms with E-state index in [0.29, 0.717) is 5.92 Å². The van der Waals surface area contributed by atoms with Crippen molar-refractivity contribution in [2.75, 3.05) is 18.8 Å². The van der Waals surface area contributed by atoms with Crippen molar-refractivity contribution < 1.29 is 0 Å². The van der Waals surface area contributed by atoms with Gasteiger partial charge in [-0.1, -0.05) is 32.1 Å². The predicted molar refractivity (Wildman–Crippen MR) is 71.2 cm³/mol. The third-order valence-electron chi connectivity index (χ3n) is 2.37. The second-order valence-electron chi connectivity index (χ2n) is 4.62. The van der Waals surface area contributed by atoms with Gasteiger partial charge in [-0.05, 0) is 23.6 Å². The lowest BCUT2D eigenvalue weighted by Crippen LogP contribution is -2.27. The molecule has 0 unspecified atom stereocenters. The minimum Gasteiger partial charge on any atom is -0.399 e. The Morgan fingerprint density at radius 3 is 2.75 bits per heavy atom. The Labute approximate surface area is 98.8 Å². The van der Waals surface area contributed by atoms with E-state index in [9.17, 15) is 0 Å². The van der Waals surface area contributed by atoms with E-state index in [2.05, 4.69) is 31.4 Å². The van der Waals surface area contributed by atoms with Crippen LogP contribution in [-0.4, -0.2) is 18.0 Å². The molecule has 0 bridgehead atoms. The molecule has 0 fully saturated rings. The van der Waals surface area contributed by atoms with Gasteiger partial charge in [0.15, 0.2) is 0 Å². The normalized spacial score (nSPS) is 11.0. The van der Waals surface area contributed by atoms with Gasteiger partial charge in [0, 0.05) is 25.3 Å². The number of nitrogens with zero attached hydrogens (tertiary/aromatic N) is 1. The van der Waals surface area contributed by atoms with Crippen LogP contribution in [0.4, 0.5) is 5.69 Å². The third kappa shape index (κ3) is 4.49. The second-order valence-corrected chi connectivity index (χ2v) is 4.62. The van der Waals surface area contributed by atoms with Crippen molar-refractivity contribution in [1.29, 1.82) is 0 Å². The molecule has 0 spiro atoms. The van der Waals surface area contributed by atoms with E-state index in [0.717, 1.165) is 25.3 Å². The fourth-order valence-electron chi connectivity index (χ4n) is 1.85. The fourth-order valence-corrected chi connectivity index (χ4v) is 1.85. The zero-order valence-electron chi connectivity index (χ0n) is 10.3. The molecular formula is C14H22N2. The summed E-state index contributed by atoms with van der Waals surface area (Å²) in [7, 11) is 0. The van der Waals surface area contributed by atoms with E-state index in [1.165, 1.54) is 5.56 Å². The molecule has 1 rings (SSSR count). The van der Waals surface area contributed by atoms with E-state index in [4.69, 9.17) is 5.73 Å². The molecule has 0 aromatic heterocycles. The van der Waals surface area contributed by atoms with Crippen LogP contribution < -0.4 is 5.73 Å². The Balaban J connectivity index is 2.63. The lowest BCUT2D eigenvalue weighted by molar-refractivity contribution is 0.261. The molecule has 1 aromatic rings. The monoisotopic (exact) mass is 218 g/mol. The van der Waals surface area contributed by atoms with E-state index >= 15 is 0 Å². The number of hydrogen-bond acceptors (Lipinski definition) is 2. The van der Waals surface area contributed by atoms with Crippen LogP contribution in [0.5, 0.6) is 0 Å². The second kappa shape index (κ2) is 6.33. The van der Waals surface area contributed by atoms with E-state index < -0.39 is 0 Å². The first-order valence-electron chi connectivity index (χ1n) is 5.79. The van der Waals surface area contributed by atoms with E-state index in [1.807, 2.05) is 24.3 Å². The third-order valence-corrected chi connectivity index (χ3v) is 2.37. The molecular weight excluding hydrogens is 196 g/mol. The number of rotatable bonds is 6. The zero-order valence-corrected chi connectivity index (χ0v) is 10.3. The first kappa shape index (κ1) is 12.8. The van der Waals surface area contributed by atoms with Gasteiger partial charge in [0.2, 0.25) is 0 Å². The van der Waals surface area contributed by atoms with Gasteiger partial charge in [-0.3, -0.25) is 4.90 Å². The van der Waals surface area contributed by atoms with Gasteiger partial charge in [0.1, 0.15) is 0 Å². The quantitative estimate of drug-likeness (QED) is 0.587. The average molecular weight is 218 g/mol. The standard InChI is InChI=1S/C14H22N2/c1-4-8-16(10-12(2)3)11-13-6-5-7-14(15)9-13/h4-7,9,12H,1,8,10-11,15H2,2-3H3. The summed E-state index contributed by atoms with van der Waals surface area (Å²) in [6.45, 7) is 11.2. The summed E-state index contributed by atoms with van der Waals surface area (Å²) >= 11 is 0. The molecule has 0 aliphatic heterocycles. The molecule has 1 aromatic carbocycles. The predicted octanol–water partition coefficient (Wildman–Crippen LogP) is 2.91. The minimum absolute atomic E-state index is 0.668. The van der Waals surface area contributed by atoms with Gasteiger partial charge in [-0.15, -0.1) is 6.58 Å². The summed E-state index contributed by atoms with van der Waals surface area (Å²) in [6, 6.07) is 8.08. The highest BCUT2D eigenvalue weighted by Gasteiger charge is 2.06. The van der Waals surface area contributed by atoms with Gasteiger partial charge < -0.3 is 5.73 Å². The number of nitrogen functional groups attached to an aromatic ring is 1. The topological polar surface area (TPSA) is 29.3 Å². The van der Waals surface area contributed by atoms with Crippen LogP contribution in [0, 0.1) is 5.92 Å². The molecule has 0 atom stereocenters. The first-order chi connectivity index (χ1) is 7.61. The Bertz CT molecular complexity index is 331. The SMILES string of the molecule is C=CCN(Cc1cccc(N)c1)CC(C)C. The van der Waals surface area contributed by atoms with E-state index in [-0.39, 0.29) is 0 Å². The number of anilines is 1. The maximum absolute atomic E-state index is 5.77. The highest BCUT2D eigenvalue weighted by Crippen LogP contribution is 2.10. The van der Waals surface area contributed by atoms with Crippen molar-refractivity contribution in [2.24, 2.45) is 5.92 Å². The van der Waals surface area contributed by atoms with Crippen LogP contribution in [-0.2, 0) is 6.54 Å². The van der Waals surface area contributed by atoms with Gasteiger partial charge >= 0.3 is 0 Å². The lowest BCUT2D eigenvalue weighted by Gasteiger charge is -2.22. The summed E-state index contributed by atoms with van der Waals surface area (Å²) in [5.41, 5.74) is 7.87. The molecule has 2 N–H and O–H groups in total. The Morgan fingerprint density at radius 2 is 2.19 bits per heavy atom. The van der Waals surface area contributed by atoms with Crippen LogP contribution in [0.25, 0.3) is 0 Å². The van der Waals surface area contributed by atoms with Crippen LogP contribution in [0.15, 0.2) is 36.9 Å². The van der Waals surface area contributed by atoms with Gasteiger partial charge in [0.25, 0.3) is 0 Å². The van der Waals surface area contributed by atoms with Gasteiger partial charge in [-0.25, -0.2) is 0 Å². The molecule has 0 saturated heterocycles. The summed E-state index contributed by atoms with van der Waals surface area (Å²) < 4.78 is 0. The number of hydrogen-bond donors (Lipinski definition) is 1. The maximum Gasteiger partial charge on any atom is 0.0317 e. The van der Waals surface area contributed by atoms with Crippen LogP contribution >= 0.6 is 0 Å². The van der Waals surface area contributed by atoms with Crippen molar-refractivity contribution in [3.63, 3.8) is 0 Å². The molecule has 2 nitrogen and oxygen atoms in total.